The van der Waals surface area contributed by atoms with Crippen molar-refractivity contribution in [3.05, 3.63) is 71.2 Å². The fraction of sp³-hybridized carbons (Fsp3) is 0. The SMILES string of the molecule is NOc1cc2ccccc2cc1C(=O)Nc1ccc(Cl)cc1. The molecule has 22 heavy (non-hydrogen) atoms. The summed E-state index contributed by atoms with van der Waals surface area (Å²) in [5, 5.41) is 5.28. The van der Waals surface area contributed by atoms with E-state index in [1.165, 1.54) is 0 Å². The van der Waals surface area contributed by atoms with Crippen LogP contribution in [0.1, 0.15) is 10.4 Å². The van der Waals surface area contributed by atoms with Crippen LogP contribution in [0, 0.1) is 0 Å². The molecule has 0 spiro atoms. The van der Waals surface area contributed by atoms with E-state index in [0.717, 1.165) is 10.8 Å². The summed E-state index contributed by atoms with van der Waals surface area (Å²) in [6, 6.07) is 18.0. The lowest BCUT2D eigenvalue weighted by atomic mass is 10.1. The number of carbonyl (C=O) groups excluding carboxylic acids is 1. The lowest BCUT2D eigenvalue weighted by molar-refractivity contribution is 0.102. The van der Waals surface area contributed by atoms with Crippen LogP contribution in [0.2, 0.25) is 5.02 Å². The van der Waals surface area contributed by atoms with Crippen molar-refractivity contribution in [1.29, 1.82) is 0 Å². The summed E-state index contributed by atoms with van der Waals surface area (Å²) in [5.41, 5.74) is 1.02. The number of nitrogens with one attached hydrogen (secondary N) is 1. The van der Waals surface area contributed by atoms with Crippen LogP contribution < -0.4 is 16.1 Å². The summed E-state index contributed by atoms with van der Waals surface area (Å²) in [6.45, 7) is 0. The number of hydrogen-bond acceptors (Lipinski definition) is 3. The normalized spacial score (nSPS) is 10.5. The number of rotatable bonds is 3. The van der Waals surface area contributed by atoms with Crippen LogP contribution in [0.15, 0.2) is 60.7 Å². The Labute approximate surface area is 132 Å². The van der Waals surface area contributed by atoms with Crippen molar-refractivity contribution in [2.45, 2.75) is 0 Å². The number of halogens is 1. The molecule has 3 N–H and O–H groups in total. The molecule has 1 amide bonds. The van der Waals surface area contributed by atoms with Gasteiger partial charge in [0.2, 0.25) is 0 Å². The number of hydrogen-bond donors (Lipinski definition) is 2. The second kappa shape index (κ2) is 6.05. The van der Waals surface area contributed by atoms with Crippen LogP contribution in [-0.2, 0) is 0 Å². The molecule has 0 aromatic heterocycles. The zero-order valence-corrected chi connectivity index (χ0v) is 12.3. The molecule has 0 aliphatic heterocycles. The topological polar surface area (TPSA) is 64.3 Å². The fourth-order valence-electron chi connectivity index (χ4n) is 2.23. The van der Waals surface area contributed by atoms with E-state index >= 15 is 0 Å². The van der Waals surface area contributed by atoms with Crippen molar-refractivity contribution in [1.82, 2.24) is 0 Å². The second-order valence-corrected chi connectivity index (χ2v) is 5.21. The summed E-state index contributed by atoms with van der Waals surface area (Å²) in [6.07, 6.45) is 0. The van der Waals surface area contributed by atoms with E-state index in [1.54, 1.807) is 36.4 Å². The molecular weight excluding hydrogens is 300 g/mol. The standard InChI is InChI=1S/C17H13ClN2O2/c18-13-5-7-14(8-6-13)20-17(21)15-9-11-3-1-2-4-12(11)10-16(15)22-19/h1-10H,19H2,(H,20,21). The molecule has 110 valence electrons. The molecule has 0 bridgehead atoms. The van der Waals surface area contributed by atoms with Gasteiger partial charge < -0.3 is 10.2 Å². The third kappa shape index (κ3) is 2.88. The molecule has 0 fully saturated rings. The molecule has 0 aliphatic carbocycles. The van der Waals surface area contributed by atoms with Gasteiger partial charge in [-0.25, -0.2) is 0 Å². The van der Waals surface area contributed by atoms with Gasteiger partial charge in [-0.05, 0) is 47.2 Å². The zero-order chi connectivity index (χ0) is 15.5. The molecule has 3 aromatic rings. The monoisotopic (exact) mass is 312 g/mol. The molecule has 0 saturated carbocycles. The minimum Gasteiger partial charge on any atom is -0.411 e. The smallest absolute Gasteiger partial charge is 0.259 e. The maximum absolute atomic E-state index is 12.4. The van der Waals surface area contributed by atoms with Gasteiger partial charge in [0.1, 0.15) is 0 Å². The molecule has 0 radical (unpaired) electrons. The second-order valence-electron chi connectivity index (χ2n) is 4.77. The van der Waals surface area contributed by atoms with Crippen molar-refractivity contribution >= 4 is 34.0 Å². The van der Waals surface area contributed by atoms with Gasteiger partial charge in [-0.3, -0.25) is 4.79 Å². The van der Waals surface area contributed by atoms with Crippen LogP contribution >= 0.6 is 11.6 Å². The maximum atomic E-state index is 12.4. The quantitative estimate of drug-likeness (QED) is 0.718. The molecule has 0 saturated heterocycles. The lowest BCUT2D eigenvalue weighted by Gasteiger charge is -2.10. The number of nitrogens with two attached hydrogens (primary N) is 1. The first-order valence-corrected chi connectivity index (χ1v) is 7.01. The molecule has 3 aromatic carbocycles. The van der Waals surface area contributed by atoms with Gasteiger partial charge in [-0.2, -0.15) is 5.90 Å². The Hall–Kier alpha value is -2.56. The molecule has 0 atom stereocenters. The van der Waals surface area contributed by atoms with Crippen molar-refractivity contribution in [3.63, 3.8) is 0 Å². The van der Waals surface area contributed by atoms with E-state index < -0.39 is 0 Å². The van der Waals surface area contributed by atoms with Crippen LogP contribution in [0.3, 0.4) is 0 Å². The minimum atomic E-state index is -0.298. The Balaban J connectivity index is 1.97. The zero-order valence-electron chi connectivity index (χ0n) is 11.5. The molecule has 0 heterocycles. The van der Waals surface area contributed by atoms with Gasteiger partial charge in [0.25, 0.3) is 5.91 Å². The van der Waals surface area contributed by atoms with Crippen LogP contribution in [0.4, 0.5) is 5.69 Å². The van der Waals surface area contributed by atoms with Gasteiger partial charge >= 0.3 is 0 Å². The van der Waals surface area contributed by atoms with Crippen LogP contribution in [0.5, 0.6) is 5.75 Å². The maximum Gasteiger partial charge on any atom is 0.259 e. The molecule has 0 aliphatic rings. The fourth-order valence-corrected chi connectivity index (χ4v) is 2.35. The Morgan fingerprint density at radius 1 is 1.00 bits per heavy atom. The summed E-state index contributed by atoms with van der Waals surface area (Å²) in [7, 11) is 0. The van der Waals surface area contributed by atoms with Crippen LogP contribution in [-0.4, -0.2) is 5.91 Å². The first kappa shape index (κ1) is 14.4. The number of carbonyl (C=O) groups is 1. The minimum absolute atomic E-state index is 0.298. The third-order valence-electron chi connectivity index (χ3n) is 3.32. The number of benzene rings is 3. The van der Waals surface area contributed by atoms with E-state index in [1.807, 2.05) is 24.3 Å². The average molecular weight is 313 g/mol. The van der Waals surface area contributed by atoms with E-state index in [2.05, 4.69) is 5.32 Å². The molecular formula is C17H13ClN2O2. The van der Waals surface area contributed by atoms with Crippen LogP contribution in [0.25, 0.3) is 10.8 Å². The highest BCUT2D eigenvalue weighted by Crippen LogP contribution is 2.26. The number of amides is 1. The summed E-state index contributed by atoms with van der Waals surface area (Å²) < 4.78 is 0. The number of fused-ring (bicyclic) bond motifs is 1. The Morgan fingerprint density at radius 3 is 2.27 bits per heavy atom. The van der Waals surface area contributed by atoms with Gasteiger partial charge in [0.05, 0.1) is 5.56 Å². The van der Waals surface area contributed by atoms with Gasteiger partial charge in [-0.15, -0.1) is 0 Å². The lowest BCUT2D eigenvalue weighted by Crippen LogP contribution is -2.15. The first-order chi connectivity index (χ1) is 10.7. The van der Waals surface area contributed by atoms with Gasteiger partial charge in [0.15, 0.2) is 5.75 Å². The highest BCUT2D eigenvalue weighted by Gasteiger charge is 2.14. The van der Waals surface area contributed by atoms with Crippen molar-refractivity contribution in [3.8, 4) is 5.75 Å². The Bertz CT molecular complexity index is 832. The van der Waals surface area contributed by atoms with E-state index in [-0.39, 0.29) is 5.91 Å². The Morgan fingerprint density at radius 2 is 1.64 bits per heavy atom. The molecule has 3 rings (SSSR count). The number of anilines is 1. The highest BCUT2D eigenvalue weighted by atomic mass is 35.5. The van der Waals surface area contributed by atoms with Crippen molar-refractivity contribution in [2.24, 2.45) is 5.90 Å². The van der Waals surface area contributed by atoms with E-state index in [0.29, 0.717) is 22.0 Å². The van der Waals surface area contributed by atoms with E-state index in [4.69, 9.17) is 22.3 Å². The van der Waals surface area contributed by atoms with Crippen molar-refractivity contribution in [2.75, 3.05) is 5.32 Å². The summed E-state index contributed by atoms with van der Waals surface area (Å²) in [4.78, 5) is 17.3. The summed E-state index contributed by atoms with van der Waals surface area (Å²) >= 11 is 5.83. The van der Waals surface area contributed by atoms with Gasteiger partial charge in [-0.1, -0.05) is 35.9 Å². The molecule has 4 nitrogen and oxygen atoms in total. The van der Waals surface area contributed by atoms with Crippen molar-refractivity contribution < 1.29 is 9.63 Å². The molecule has 5 heteroatoms. The molecule has 0 unspecified atom stereocenters. The average Bonchev–Trinajstić information content (AvgIpc) is 2.55. The summed E-state index contributed by atoms with van der Waals surface area (Å²) in [5.74, 6) is 5.32. The predicted octanol–water partition coefficient (Wildman–Crippen LogP) is 4.00. The van der Waals surface area contributed by atoms with E-state index in [9.17, 15) is 4.79 Å². The first-order valence-electron chi connectivity index (χ1n) is 6.64. The Kier molecular flexibility index (Phi) is 3.96. The largest absolute Gasteiger partial charge is 0.411 e. The van der Waals surface area contributed by atoms with Gasteiger partial charge in [0, 0.05) is 10.7 Å². The third-order valence-corrected chi connectivity index (χ3v) is 3.57. The highest BCUT2D eigenvalue weighted by molar-refractivity contribution is 6.30. The predicted molar refractivity (Wildman–Crippen MR) is 88.2 cm³/mol.